The van der Waals surface area contributed by atoms with Crippen LogP contribution in [0.5, 0.6) is 11.5 Å². The molecule has 2 aromatic carbocycles. The zero-order valence-corrected chi connectivity index (χ0v) is 12.9. The fraction of sp³-hybridized carbons (Fsp3) is 0.0667. The molecule has 7 nitrogen and oxygen atoms in total. The molecule has 0 spiro atoms. The van der Waals surface area contributed by atoms with Crippen LogP contribution in [0.4, 0.5) is 0 Å². The minimum absolute atomic E-state index is 0.0538. The van der Waals surface area contributed by atoms with Gasteiger partial charge in [-0.15, -0.1) is 4.40 Å². The molecule has 0 saturated carbocycles. The molecule has 0 unspecified atom stereocenters. The first-order chi connectivity index (χ1) is 11.0. The number of phenolic OH excluding ortho intramolecular Hbond substituents is 1. The van der Waals surface area contributed by atoms with Gasteiger partial charge in [-0.3, -0.25) is 5.43 Å². The van der Waals surface area contributed by atoms with Crippen LogP contribution in [0, 0.1) is 0 Å². The molecule has 1 aliphatic heterocycles. The Hall–Kier alpha value is -2.87. The van der Waals surface area contributed by atoms with Gasteiger partial charge in [-0.2, -0.15) is 13.5 Å². The Labute approximate surface area is 133 Å². The Balaban J connectivity index is 1.85. The molecule has 0 aromatic heterocycles. The Morgan fingerprint density at radius 1 is 1.22 bits per heavy atom. The van der Waals surface area contributed by atoms with Crippen LogP contribution in [0.2, 0.25) is 0 Å². The van der Waals surface area contributed by atoms with Crippen molar-refractivity contribution in [3.05, 3.63) is 53.6 Å². The second kappa shape index (κ2) is 5.73. The number of sulfonamides is 1. The normalized spacial score (nSPS) is 15.3. The van der Waals surface area contributed by atoms with Gasteiger partial charge in [0, 0.05) is 11.1 Å². The number of nitrogens with zero attached hydrogens (tertiary/aromatic N) is 2. The van der Waals surface area contributed by atoms with Crippen LogP contribution >= 0.6 is 0 Å². The summed E-state index contributed by atoms with van der Waals surface area (Å²) in [6.07, 6.45) is 1.36. The van der Waals surface area contributed by atoms with E-state index in [1.807, 2.05) is 0 Å². The van der Waals surface area contributed by atoms with Crippen LogP contribution in [-0.4, -0.2) is 32.7 Å². The predicted molar refractivity (Wildman–Crippen MR) is 85.6 cm³/mol. The van der Waals surface area contributed by atoms with E-state index in [0.29, 0.717) is 16.9 Å². The molecule has 0 fully saturated rings. The standard InChI is InChI=1S/C15H13N3O4S/c1-22-12-7-4-5-10(14(12)19)9-16-17-15-11-6-2-3-8-13(11)23(20,21)18-15/h2-9,19H,1H3,(H,17,18). The molecule has 0 aliphatic carbocycles. The molecule has 2 N–H and O–H groups in total. The summed E-state index contributed by atoms with van der Waals surface area (Å²) in [5.41, 5.74) is 3.48. The quantitative estimate of drug-likeness (QED) is 0.655. The smallest absolute Gasteiger partial charge is 0.285 e. The van der Waals surface area contributed by atoms with E-state index in [0.717, 1.165) is 0 Å². The van der Waals surface area contributed by atoms with Crippen molar-refractivity contribution in [1.29, 1.82) is 0 Å². The van der Waals surface area contributed by atoms with Gasteiger partial charge < -0.3 is 9.84 Å². The van der Waals surface area contributed by atoms with Crippen LogP contribution in [0.3, 0.4) is 0 Å². The molecule has 0 atom stereocenters. The van der Waals surface area contributed by atoms with Crippen LogP contribution < -0.4 is 10.2 Å². The van der Waals surface area contributed by atoms with Crippen molar-refractivity contribution in [2.75, 3.05) is 7.11 Å². The Morgan fingerprint density at radius 3 is 2.78 bits per heavy atom. The molecular formula is C15H13N3O4S. The summed E-state index contributed by atoms with van der Waals surface area (Å²) in [4.78, 5) is 0.141. The lowest BCUT2D eigenvalue weighted by Gasteiger charge is -2.05. The van der Waals surface area contributed by atoms with E-state index in [-0.39, 0.29) is 16.5 Å². The summed E-state index contributed by atoms with van der Waals surface area (Å²) in [6, 6.07) is 11.4. The first-order valence-corrected chi connectivity index (χ1v) is 8.06. The number of hydrogen-bond donors (Lipinski definition) is 2. The third-order valence-corrected chi connectivity index (χ3v) is 4.59. The number of hydrazone groups is 1. The molecule has 1 heterocycles. The lowest BCUT2D eigenvalue weighted by Crippen LogP contribution is -2.17. The predicted octanol–water partition coefficient (Wildman–Crippen LogP) is 1.47. The number of nitrogens with one attached hydrogen (secondary N) is 1. The summed E-state index contributed by atoms with van der Waals surface area (Å²) >= 11 is 0. The van der Waals surface area contributed by atoms with Crippen molar-refractivity contribution < 1.29 is 18.3 Å². The van der Waals surface area contributed by atoms with Gasteiger partial charge in [0.2, 0.25) is 0 Å². The van der Waals surface area contributed by atoms with E-state index in [2.05, 4.69) is 14.9 Å². The molecule has 3 rings (SSSR count). The number of phenols is 1. The van der Waals surface area contributed by atoms with E-state index in [1.165, 1.54) is 19.4 Å². The number of methoxy groups -OCH3 is 1. The summed E-state index contributed by atoms with van der Waals surface area (Å²) in [5, 5.41) is 13.9. The fourth-order valence-corrected chi connectivity index (χ4v) is 3.33. The van der Waals surface area contributed by atoms with Gasteiger partial charge in [0.25, 0.3) is 10.0 Å². The van der Waals surface area contributed by atoms with Gasteiger partial charge in [0.1, 0.15) is 4.90 Å². The highest BCUT2D eigenvalue weighted by atomic mass is 32.2. The number of hydrogen-bond acceptors (Lipinski definition) is 6. The average Bonchev–Trinajstić information content (AvgIpc) is 2.81. The molecule has 0 amide bonds. The monoisotopic (exact) mass is 331 g/mol. The number of aromatic hydroxyl groups is 1. The van der Waals surface area contributed by atoms with Crippen LogP contribution in [0.15, 0.2) is 56.9 Å². The Bertz CT molecular complexity index is 920. The summed E-state index contributed by atoms with van der Waals surface area (Å²) < 4.78 is 32.5. The van der Waals surface area contributed by atoms with Crippen LogP contribution in [-0.2, 0) is 10.0 Å². The second-order valence-electron chi connectivity index (χ2n) is 4.68. The highest BCUT2D eigenvalue weighted by Crippen LogP contribution is 2.28. The van der Waals surface area contributed by atoms with Crippen molar-refractivity contribution in [2.24, 2.45) is 9.50 Å². The Morgan fingerprint density at radius 2 is 2.00 bits per heavy atom. The number of rotatable bonds is 3. The molecule has 0 saturated heterocycles. The summed E-state index contributed by atoms with van der Waals surface area (Å²) in [6.45, 7) is 0. The van der Waals surface area contributed by atoms with Crippen molar-refractivity contribution in [2.45, 2.75) is 4.90 Å². The first-order valence-electron chi connectivity index (χ1n) is 6.62. The highest BCUT2D eigenvalue weighted by Gasteiger charge is 2.28. The van der Waals surface area contributed by atoms with Gasteiger partial charge in [0.15, 0.2) is 17.3 Å². The maximum Gasteiger partial charge on any atom is 0.285 e. The van der Waals surface area contributed by atoms with Gasteiger partial charge in [-0.1, -0.05) is 18.2 Å². The zero-order chi connectivity index (χ0) is 16.4. The van der Waals surface area contributed by atoms with Gasteiger partial charge in [-0.25, -0.2) is 0 Å². The first kappa shape index (κ1) is 15.0. The highest BCUT2D eigenvalue weighted by molar-refractivity contribution is 7.90. The molecule has 8 heteroatoms. The third kappa shape index (κ3) is 2.76. The van der Waals surface area contributed by atoms with Crippen molar-refractivity contribution in [3.8, 4) is 11.5 Å². The lowest BCUT2D eigenvalue weighted by atomic mass is 10.2. The number of amidine groups is 1. The van der Waals surface area contributed by atoms with Gasteiger partial charge in [-0.05, 0) is 24.3 Å². The Kier molecular flexibility index (Phi) is 3.75. The van der Waals surface area contributed by atoms with Crippen molar-refractivity contribution >= 4 is 22.1 Å². The number of benzene rings is 2. The second-order valence-corrected chi connectivity index (χ2v) is 6.25. The minimum atomic E-state index is -3.69. The SMILES string of the molecule is COc1cccc(C=NNC2=NS(=O)(=O)c3ccccc32)c1O. The average molecular weight is 331 g/mol. The maximum atomic E-state index is 11.9. The zero-order valence-electron chi connectivity index (χ0n) is 12.1. The maximum absolute atomic E-state index is 11.9. The van der Waals surface area contributed by atoms with Gasteiger partial charge >= 0.3 is 0 Å². The topological polar surface area (TPSA) is 100 Å². The van der Waals surface area contributed by atoms with Crippen molar-refractivity contribution in [3.63, 3.8) is 0 Å². The van der Waals surface area contributed by atoms with E-state index >= 15 is 0 Å². The van der Waals surface area contributed by atoms with E-state index in [9.17, 15) is 13.5 Å². The lowest BCUT2D eigenvalue weighted by molar-refractivity contribution is 0.373. The number of ether oxygens (including phenoxy) is 1. The van der Waals surface area contributed by atoms with Gasteiger partial charge in [0.05, 0.1) is 13.3 Å². The molecule has 2 aromatic rings. The van der Waals surface area contributed by atoms with Crippen molar-refractivity contribution in [1.82, 2.24) is 5.43 Å². The third-order valence-electron chi connectivity index (χ3n) is 3.26. The molecular weight excluding hydrogens is 318 g/mol. The largest absolute Gasteiger partial charge is 0.504 e. The fourth-order valence-electron chi connectivity index (χ4n) is 2.16. The minimum Gasteiger partial charge on any atom is -0.504 e. The molecule has 1 aliphatic rings. The van der Waals surface area contributed by atoms with E-state index in [4.69, 9.17) is 4.74 Å². The van der Waals surface area contributed by atoms with Crippen LogP contribution in [0.25, 0.3) is 0 Å². The summed E-state index contributed by atoms with van der Waals surface area (Å²) in [5.74, 6) is 0.404. The number of para-hydroxylation sites is 1. The van der Waals surface area contributed by atoms with E-state index in [1.54, 1.807) is 36.4 Å². The van der Waals surface area contributed by atoms with E-state index < -0.39 is 10.0 Å². The van der Waals surface area contributed by atoms with Crippen LogP contribution in [0.1, 0.15) is 11.1 Å². The summed E-state index contributed by atoms with van der Waals surface area (Å²) in [7, 11) is -2.24. The molecule has 118 valence electrons. The molecule has 23 heavy (non-hydrogen) atoms. The number of fused-ring (bicyclic) bond motifs is 1. The molecule has 0 bridgehead atoms. The molecule has 0 radical (unpaired) electrons.